The molecule has 29 heavy (non-hydrogen) atoms. The van der Waals surface area contributed by atoms with E-state index in [-0.39, 0.29) is 35.7 Å². The lowest BCUT2D eigenvalue weighted by atomic mass is 9.92. The van der Waals surface area contributed by atoms with Crippen molar-refractivity contribution < 1.29 is 14.4 Å². The second-order valence-electron chi connectivity index (χ2n) is 9.17. The fraction of sp³-hybridized carbons (Fsp3) is 0.591. The lowest BCUT2D eigenvalue weighted by Gasteiger charge is -2.35. The summed E-state index contributed by atoms with van der Waals surface area (Å²) in [6, 6.07) is 5.79. The molecule has 7 heteroatoms. The third kappa shape index (κ3) is 3.16. The minimum Gasteiger partial charge on any atom is -0.326 e. The highest BCUT2D eigenvalue weighted by molar-refractivity contribution is 6.05. The fourth-order valence-corrected chi connectivity index (χ4v) is 5.86. The van der Waals surface area contributed by atoms with Crippen molar-refractivity contribution in [1.29, 1.82) is 0 Å². The van der Waals surface area contributed by atoms with Gasteiger partial charge in [0.2, 0.25) is 11.8 Å². The van der Waals surface area contributed by atoms with E-state index in [1.165, 1.54) is 25.7 Å². The van der Waals surface area contributed by atoms with E-state index in [1.807, 2.05) is 12.1 Å². The van der Waals surface area contributed by atoms with Crippen LogP contribution in [0.25, 0.3) is 0 Å². The molecule has 3 fully saturated rings. The van der Waals surface area contributed by atoms with Crippen LogP contribution < -0.4 is 11.1 Å². The molecular weight excluding hydrogens is 368 g/mol. The Morgan fingerprint density at radius 2 is 1.97 bits per heavy atom. The molecule has 1 aromatic rings. The minimum absolute atomic E-state index is 0.106. The number of rotatable bonds is 3. The summed E-state index contributed by atoms with van der Waals surface area (Å²) >= 11 is 0. The Morgan fingerprint density at radius 1 is 1.17 bits per heavy atom. The first-order valence-corrected chi connectivity index (χ1v) is 10.7. The van der Waals surface area contributed by atoms with Crippen molar-refractivity contribution in [2.45, 2.75) is 75.7 Å². The third-order valence-corrected chi connectivity index (χ3v) is 7.27. The van der Waals surface area contributed by atoms with Crippen LogP contribution in [0.4, 0.5) is 0 Å². The van der Waals surface area contributed by atoms with Crippen LogP contribution in [-0.4, -0.2) is 51.7 Å². The molecule has 2 unspecified atom stereocenters. The molecule has 1 saturated carbocycles. The summed E-state index contributed by atoms with van der Waals surface area (Å²) in [5.41, 5.74) is 9.32. The number of piperidine rings is 1. The van der Waals surface area contributed by atoms with Crippen molar-refractivity contribution in [3.63, 3.8) is 0 Å². The average molecular weight is 396 g/mol. The van der Waals surface area contributed by atoms with Gasteiger partial charge in [0, 0.05) is 43.2 Å². The van der Waals surface area contributed by atoms with E-state index in [0.29, 0.717) is 18.5 Å². The number of carbonyl (C=O) groups excluding carboxylic acids is 3. The summed E-state index contributed by atoms with van der Waals surface area (Å²) in [7, 11) is 0. The highest BCUT2D eigenvalue weighted by Gasteiger charge is 2.46. The largest absolute Gasteiger partial charge is 0.326 e. The van der Waals surface area contributed by atoms with Crippen molar-refractivity contribution >= 4 is 17.7 Å². The van der Waals surface area contributed by atoms with Gasteiger partial charge in [-0.05, 0) is 42.9 Å². The van der Waals surface area contributed by atoms with Gasteiger partial charge in [0.25, 0.3) is 5.91 Å². The Balaban J connectivity index is 1.34. The normalized spacial score (nSPS) is 29.0. The first-order valence-electron chi connectivity index (χ1n) is 10.7. The molecule has 3 aliphatic heterocycles. The Labute approximate surface area is 170 Å². The number of benzene rings is 1. The molecule has 1 aromatic carbocycles. The van der Waals surface area contributed by atoms with Crippen molar-refractivity contribution in [2.24, 2.45) is 5.73 Å². The van der Waals surface area contributed by atoms with Crippen LogP contribution in [0.1, 0.15) is 66.4 Å². The molecule has 0 radical (unpaired) electrons. The lowest BCUT2D eigenvalue weighted by molar-refractivity contribution is -0.136. The molecule has 2 saturated heterocycles. The smallest absolute Gasteiger partial charge is 0.255 e. The van der Waals surface area contributed by atoms with E-state index in [0.717, 1.165) is 30.6 Å². The van der Waals surface area contributed by atoms with Gasteiger partial charge in [0.1, 0.15) is 6.04 Å². The quantitative estimate of drug-likeness (QED) is 0.751. The zero-order valence-electron chi connectivity index (χ0n) is 16.7. The van der Waals surface area contributed by atoms with E-state index < -0.39 is 6.04 Å². The number of imide groups is 1. The van der Waals surface area contributed by atoms with E-state index in [4.69, 9.17) is 5.73 Å². The maximum Gasteiger partial charge on any atom is 0.255 e. The van der Waals surface area contributed by atoms with Gasteiger partial charge in [-0.2, -0.15) is 0 Å². The van der Waals surface area contributed by atoms with Gasteiger partial charge in [-0.1, -0.05) is 25.0 Å². The average Bonchev–Trinajstić information content (AvgIpc) is 3.35. The summed E-state index contributed by atoms with van der Waals surface area (Å²) in [4.78, 5) is 40.8. The maximum absolute atomic E-state index is 13.0. The van der Waals surface area contributed by atoms with Gasteiger partial charge in [-0.25, -0.2) is 0 Å². The molecule has 0 bridgehead atoms. The first-order chi connectivity index (χ1) is 13.9. The third-order valence-electron chi connectivity index (χ3n) is 7.27. The summed E-state index contributed by atoms with van der Waals surface area (Å²) in [5, 5.41) is 2.35. The van der Waals surface area contributed by atoms with Gasteiger partial charge in [0.15, 0.2) is 0 Å². The van der Waals surface area contributed by atoms with Crippen LogP contribution in [-0.2, 0) is 22.7 Å². The summed E-state index contributed by atoms with van der Waals surface area (Å²) in [5.74, 6) is -0.732. The highest BCUT2D eigenvalue weighted by Crippen LogP contribution is 2.43. The number of amides is 3. The Bertz CT molecular complexity index is 877. The molecule has 0 aromatic heterocycles. The molecule has 3 heterocycles. The lowest BCUT2D eigenvalue weighted by Crippen LogP contribution is -2.52. The van der Waals surface area contributed by atoms with Crippen molar-refractivity contribution in [1.82, 2.24) is 15.1 Å². The SMILES string of the molecule is NC1CN(Cc2ccc3c(c2)C(=O)N(C2CCC(=O)NC2=O)C3)C2(CCCC2)C1. The standard InChI is InChI=1S/C22H28N4O3/c23-16-10-22(7-1-2-8-22)25(13-16)11-14-3-4-15-12-26(21(29)17(15)9-14)18-5-6-19(27)24-20(18)28/h3-4,9,16,18H,1-2,5-8,10-13,23H2,(H,24,27,28). The van der Waals surface area contributed by atoms with E-state index in [2.05, 4.69) is 16.3 Å². The number of nitrogens with one attached hydrogen (secondary N) is 1. The molecule has 3 N–H and O–H groups in total. The predicted octanol–water partition coefficient (Wildman–Crippen LogP) is 1.29. The second-order valence-corrected chi connectivity index (χ2v) is 9.17. The van der Waals surface area contributed by atoms with Crippen LogP contribution in [0.3, 0.4) is 0 Å². The van der Waals surface area contributed by atoms with Crippen LogP contribution >= 0.6 is 0 Å². The number of nitrogens with two attached hydrogens (primary N) is 1. The monoisotopic (exact) mass is 396 g/mol. The van der Waals surface area contributed by atoms with Crippen molar-refractivity contribution in [2.75, 3.05) is 6.54 Å². The van der Waals surface area contributed by atoms with E-state index in [9.17, 15) is 14.4 Å². The van der Waals surface area contributed by atoms with Crippen LogP contribution in [0.15, 0.2) is 18.2 Å². The van der Waals surface area contributed by atoms with Crippen LogP contribution in [0.2, 0.25) is 0 Å². The molecule has 1 spiro atoms. The molecular formula is C22H28N4O3. The molecule has 1 aliphatic carbocycles. The van der Waals surface area contributed by atoms with E-state index >= 15 is 0 Å². The number of likely N-dealkylation sites (tertiary alicyclic amines) is 1. The van der Waals surface area contributed by atoms with Gasteiger partial charge in [0.05, 0.1) is 0 Å². The van der Waals surface area contributed by atoms with Gasteiger partial charge < -0.3 is 10.6 Å². The number of carbonyl (C=O) groups is 3. The Kier molecular flexibility index (Phi) is 4.47. The Hall–Kier alpha value is -2.25. The maximum atomic E-state index is 13.0. The molecule has 3 amide bonds. The number of nitrogens with zero attached hydrogens (tertiary/aromatic N) is 2. The summed E-state index contributed by atoms with van der Waals surface area (Å²) in [6.07, 6.45) is 6.71. The molecule has 4 aliphatic rings. The Morgan fingerprint density at radius 3 is 2.72 bits per heavy atom. The van der Waals surface area contributed by atoms with Crippen molar-refractivity contribution in [3.05, 3.63) is 34.9 Å². The molecule has 5 rings (SSSR count). The molecule has 2 atom stereocenters. The van der Waals surface area contributed by atoms with Crippen molar-refractivity contribution in [3.8, 4) is 0 Å². The van der Waals surface area contributed by atoms with Gasteiger partial charge in [-0.15, -0.1) is 0 Å². The molecule has 154 valence electrons. The predicted molar refractivity (Wildman–Crippen MR) is 107 cm³/mol. The number of hydrogen-bond donors (Lipinski definition) is 2. The first kappa shape index (κ1) is 18.8. The number of fused-ring (bicyclic) bond motifs is 1. The second kappa shape index (κ2) is 6.92. The van der Waals surface area contributed by atoms with E-state index in [1.54, 1.807) is 4.90 Å². The minimum atomic E-state index is -0.561. The highest BCUT2D eigenvalue weighted by atomic mass is 16.2. The fourth-order valence-electron chi connectivity index (χ4n) is 5.86. The topological polar surface area (TPSA) is 95.7 Å². The number of hydrogen-bond acceptors (Lipinski definition) is 5. The summed E-state index contributed by atoms with van der Waals surface area (Å²) < 4.78 is 0. The zero-order valence-corrected chi connectivity index (χ0v) is 16.7. The van der Waals surface area contributed by atoms with Crippen LogP contribution in [0.5, 0.6) is 0 Å². The molecule has 7 nitrogen and oxygen atoms in total. The van der Waals surface area contributed by atoms with Gasteiger partial charge >= 0.3 is 0 Å². The zero-order chi connectivity index (χ0) is 20.2. The van der Waals surface area contributed by atoms with Crippen LogP contribution in [0, 0.1) is 0 Å². The summed E-state index contributed by atoms with van der Waals surface area (Å²) in [6.45, 7) is 2.15. The van der Waals surface area contributed by atoms with Gasteiger partial charge in [-0.3, -0.25) is 24.6 Å².